The molecule has 0 spiro atoms. The molecule has 0 saturated carbocycles. The molecule has 0 radical (unpaired) electrons. The maximum Gasteiger partial charge on any atom is 0.138 e. The first kappa shape index (κ1) is 20.6. The van der Waals surface area contributed by atoms with E-state index in [2.05, 4.69) is 44.6 Å². The smallest absolute Gasteiger partial charge is 0.138 e. The number of hydrogen-bond acceptors (Lipinski definition) is 5. The first-order chi connectivity index (χ1) is 16.8. The van der Waals surface area contributed by atoms with Gasteiger partial charge in [0.15, 0.2) is 0 Å². The highest BCUT2D eigenvalue weighted by atomic mass is 16.5. The van der Waals surface area contributed by atoms with E-state index < -0.39 is 0 Å². The van der Waals surface area contributed by atoms with E-state index in [9.17, 15) is 0 Å². The van der Waals surface area contributed by atoms with Crippen molar-refractivity contribution in [3.05, 3.63) is 90.9 Å². The maximum absolute atomic E-state index is 5.48. The number of pyridine rings is 3. The van der Waals surface area contributed by atoms with E-state index in [0.717, 1.165) is 71.5 Å². The highest BCUT2D eigenvalue weighted by Crippen LogP contribution is 2.33. The highest BCUT2D eigenvalue weighted by Gasteiger charge is 2.18. The van der Waals surface area contributed by atoms with Crippen molar-refractivity contribution in [3.8, 4) is 33.9 Å². The van der Waals surface area contributed by atoms with Crippen LogP contribution >= 0.6 is 0 Å². The third-order valence-electron chi connectivity index (χ3n) is 6.23. The van der Waals surface area contributed by atoms with Crippen molar-refractivity contribution in [1.29, 1.82) is 0 Å². The fraction of sp³-hybridized carbons (Fsp3) is 0.179. The number of benzene rings is 1. The molecule has 1 aliphatic heterocycles. The van der Waals surface area contributed by atoms with Crippen LogP contribution in [0.5, 0.6) is 0 Å². The predicted molar refractivity (Wildman–Crippen MR) is 135 cm³/mol. The topological polar surface area (TPSA) is 55.5 Å². The van der Waals surface area contributed by atoms with Crippen molar-refractivity contribution >= 4 is 11.3 Å². The summed E-state index contributed by atoms with van der Waals surface area (Å²) in [5.41, 5.74) is 8.91. The minimum absolute atomic E-state index is 0.781. The van der Waals surface area contributed by atoms with Gasteiger partial charge in [0.25, 0.3) is 0 Å². The summed E-state index contributed by atoms with van der Waals surface area (Å²) in [6, 6.07) is 24.9. The maximum atomic E-state index is 5.48. The van der Waals surface area contributed by atoms with Crippen LogP contribution in [-0.2, 0) is 4.74 Å². The number of anilines is 1. The highest BCUT2D eigenvalue weighted by molar-refractivity contribution is 5.82. The molecule has 0 unspecified atom stereocenters. The number of imidazole rings is 1. The summed E-state index contributed by atoms with van der Waals surface area (Å²) in [6.45, 7) is 5.42. The van der Waals surface area contributed by atoms with E-state index in [1.807, 2.05) is 61.8 Å². The molecule has 34 heavy (non-hydrogen) atoms. The van der Waals surface area contributed by atoms with Gasteiger partial charge in [0, 0.05) is 48.0 Å². The minimum atomic E-state index is 0.781. The first-order valence-electron chi connectivity index (χ1n) is 11.6. The Hall–Kier alpha value is -4.03. The quantitative estimate of drug-likeness (QED) is 0.376. The Morgan fingerprint density at radius 1 is 0.794 bits per heavy atom. The number of aryl methyl sites for hydroxylation is 1. The fourth-order valence-electron chi connectivity index (χ4n) is 4.53. The van der Waals surface area contributed by atoms with Gasteiger partial charge in [-0.3, -0.25) is 14.4 Å². The average molecular weight is 448 g/mol. The molecule has 6 heteroatoms. The first-order valence-corrected chi connectivity index (χ1v) is 11.6. The molecule has 168 valence electrons. The summed E-state index contributed by atoms with van der Waals surface area (Å²) in [5, 5.41) is 0. The third-order valence-corrected chi connectivity index (χ3v) is 6.23. The van der Waals surface area contributed by atoms with Crippen LogP contribution in [0.25, 0.3) is 39.5 Å². The van der Waals surface area contributed by atoms with Crippen molar-refractivity contribution in [2.45, 2.75) is 6.92 Å². The predicted octanol–water partition coefficient (Wildman–Crippen LogP) is 5.27. The molecule has 6 rings (SSSR count). The number of hydrogen-bond donors (Lipinski definition) is 0. The third kappa shape index (κ3) is 3.82. The van der Waals surface area contributed by atoms with E-state index in [4.69, 9.17) is 14.7 Å². The number of nitrogens with zero attached hydrogens (tertiary/aromatic N) is 5. The molecule has 0 bridgehead atoms. The van der Waals surface area contributed by atoms with E-state index in [1.165, 1.54) is 5.69 Å². The van der Waals surface area contributed by atoms with E-state index in [-0.39, 0.29) is 0 Å². The summed E-state index contributed by atoms with van der Waals surface area (Å²) in [6.07, 6.45) is 3.92. The molecule has 1 fully saturated rings. The summed E-state index contributed by atoms with van der Waals surface area (Å²) < 4.78 is 7.60. The van der Waals surface area contributed by atoms with Crippen LogP contribution in [-0.4, -0.2) is 45.7 Å². The van der Waals surface area contributed by atoms with Crippen molar-refractivity contribution < 1.29 is 4.74 Å². The summed E-state index contributed by atoms with van der Waals surface area (Å²) in [7, 11) is 0. The number of fused-ring (bicyclic) bond motifs is 1. The van der Waals surface area contributed by atoms with Crippen LogP contribution in [0.15, 0.2) is 85.2 Å². The number of morpholine rings is 1. The molecule has 0 N–H and O–H groups in total. The Kier molecular flexibility index (Phi) is 5.28. The van der Waals surface area contributed by atoms with Gasteiger partial charge in [0.2, 0.25) is 0 Å². The lowest BCUT2D eigenvalue weighted by molar-refractivity contribution is 0.122. The molecule has 0 atom stereocenters. The average Bonchev–Trinajstić information content (AvgIpc) is 3.29. The zero-order valence-electron chi connectivity index (χ0n) is 19.1. The number of ether oxygens (including phenoxy) is 1. The fourth-order valence-corrected chi connectivity index (χ4v) is 4.53. The normalized spacial score (nSPS) is 14.0. The van der Waals surface area contributed by atoms with Crippen molar-refractivity contribution in [2.24, 2.45) is 0 Å². The van der Waals surface area contributed by atoms with E-state index in [1.54, 1.807) is 0 Å². The van der Waals surface area contributed by atoms with Crippen LogP contribution in [0.2, 0.25) is 0 Å². The molecule has 5 heterocycles. The lowest BCUT2D eigenvalue weighted by Crippen LogP contribution is -2.36. The van der Waals surface area contributed by atoms with Crippen molar-refractivity contribution in [1.82, 2.24) is 19.4 Å². The number of rotatable bonds is 4. The van der Waals surface area contributed by atoms with Gasteiger partial charge in [-0.2, -0.15) is 0 Å². The van der Waals surface area contributed by atoms with Gasteiger partial charge in [-0.1, -0.05) is 24.3 Å². The van der Waals surface area contributed by atoms with Gasteiger partial charge in [-0.25, -0.2) is 4.98 Å². The second-order valence-corrected chi connectivity index (χ2v) is 8.48. The van der Waals surface area contributed by atoms with Crippen LogP contribution in [0, 0.1) is 6.92 Å². The van der Waals surface area contributed by atoms with Gasteiger partial charge < -0.3 is 9.64 Å². The lowest BCUT2D eigenvalue weighted by Gasteiger charge is -2.28. The Morgan fingerprint density at radius 3 is 2.47 bits per heavy atom. The van der Waals surface area contributed by atoms with Gasteiger partial charge in [0.1, 0.15) is 11.3 Å². The Labute approximate surface area is 198 Å². The molecule has 6 nitrogen and oxygen atoms in total. The Morgan fingerprint density at radius 2 is 1.65 bits per heavy atom. The van der Waals surface area contributed by atoms with Crippen molar-refractivity contribution in [3.63, 3.8) is 0 Å². The molecule has 1 saturated heterocycles. The van der Waals surface area contributed by atoms with Gasteiger partial charge in [0.05, 0.1) is 30.3 Å². The van der Waals surface area contributed by atoms with Crippen LogP contribution in [0.1, 0.15) is 5.69 Å². The molecule has 4 aromatic heterocycles. The summed E-state index contributed by atoms with van der Waals surface area (Å²) in [5.74, 6) is 0. The van der Waals surface area contributed by atoms with Crippen LogP contribution in [0.3, 0.4) is 0 Å². The Balaban J connectivity index is 1.42. The molecule has 5 aromatic rings. The lowest BCUT2D eigenvalue weighted by atomic mass is 10.0. The van der Waals surface area contributed by atoms with Crippen molar-refractivity contribution in [2.75, 3.05) is 31.2 Å². The molecule has 1 aliphatic rings. The van der Waals surface area contributed by atoms with E-state index in [0.29, 0.717) is 0 Å². The largest absolute Gasteiger partial charge is 0.378 e. The second-order valence-electron chi connectivity index (χ2n) is 8.48. The standard InChI is InChI=1S/C28H25N5O/c1-20-5-4-6-24(30-20)27-28(33-14-3-2-7-26(33)31-27)22-12-13-29-25(19-22)21-8-10-23(11-9-21)32-15-17-34-18-16-32/h2-14,19H,15-18H2,1H3. The second kappa shape index (κ2) is 8.72. The van der Waals surface area contributed by atoms with E-state index >= 15 is 0 Å². The van der Waals surface area contributed by atoms with Crippen LogP contribution < -0.4 is 4.90 Å². The van der Waals surface area contributed by atoms with Gasteiger partial charge in [-0.15, -0.1) is 0 Å². The SMILES string of the molecule is Cc1cccc(-c2nc3ccccn3c2-c2ccnc(-c3ccc(N4CCOCC4)cc3)c2)n1. The molecule has 0 amide bonds. The van der Waals surface area contributed by atoms with Gasteiger partial charge >= 0.3 is 0 Å². The summed E-state index contributed by atoms with van der Waals surface area (Å²) >= 11 is 0. The van der Waals surface area contributed by atoms with Crippen LogP contribution in [0.4, 0.5) is 5.69 Å². The molecule has 0 aliphatic carbocycles. The Bertz CT molecular complexity index is 1450. The zero-order valence-corrected chi connectivity index (χ0v) is 19.1. The van der Waals surface area contributed by atoms with Gasteiger partial charge in [-0.05, 0) is 55.5 Å². The molecule has 1 aromatic carbocycles. The monoisotopic (exact) mass is 447 g/mol. The summed E-state index contributed by atoms with van der Waals surface area (Å²) in [4.78, 5) is 16.7. The molecular formula is C28H25N5O. The molecular weight excluding hydrogens is 422 g/mol. The minimum Gasteiger partial charge on any atom is -0.378 e. The number of aromatic nitrogens is 4. The zero-order chi connectivity index (χ0) is 22.9.